The van der Waals surface area contributed by atoms with Crippen molar-refractivity contribution in [2.45, 2.75) is 45.3 Å². The van der Waals surface area contributed by atoms with E-state index in [0.717, 1.165) is 11.1 Å². The van der Waals surface area contributed by atoms with Crippen molar-refractivity contribution >= 4 is 5.91 Å². The molecule has 1 fully saturated rings. The minimum Gasteiger partial charge on any atom is -0.493 e. The van der Waals surface area contributed by atoms with Crippen LogP contribution in [-0.4, -0.2) is 52.7 Å². The molecule has 1 amide bonds. The molecular formula is C25H35N3O6. The van der Waals surface area contributed by atoms with E-state index < -0.39 is 0 Å². The summed E-state index contributed by atoms with van der Waals surface area (Å²) in [5, 5.41) is 3.10. The minimum atomic E-state index is -0.308. The van der Waals surface area contributed by atoms with E-state index in [1.165, 1.54) is 0 Å². The number of carbonyl (C=O) groups is 1. The highest BCUT2D eigenvalue weighted by molar-refractivity contribution is 5.79. The van der Waals surface area contributed by atoms with E-state index >= 15 is 0 Å². The summed E-state index contributed by atoms with van der Waals surface area (Å²) in [6.07, 6.45) is -0.152. The standard InChI is InChI=1S/C25H35N3O6/c1-7-33-18-10-9-17(14-19(18)34-8-2)23-15(3)27-28-25(23)26-22(29)13-16-11-20(30-4)24(32-6)21(12-16)31-5/h9-12,14-15,23,25,27-28H,7-8,13H2,1-6H3,(H,26,29). The van der Waals surface area contributed by atoms with Crippen molar-refractivity contribution in [3.05, 3.63) is 41.5 Å². The second-order valence-electron chi connectivity index (χ2n) is 7.93. The molecule has 1 aliphatic heterocycles. The Balaban J connectivity index is 1.78. The lowest BCUT2D eigenvalue weighted by atomic mass is 9.91. The fraction of sp³-hybridized carbons (Fsp3) is 0.480. The van der Waals surface area contributed by atoms with Crippen molar-refractivity contribution in [1.82, 2.24) is 16.2 Å². The maximum atomic E-state index is 13.0. The van der Waals surface area contributed by atoms with E-state index in [9.17, 15) is 4.79 Å². The van der Waals surface area contributed by atoms with Crippen molar-refractivity contribution < 1.29 is 28.5 Å². The van der Waals surface area contributed by atoms with Crippen molar-refractivity contribution in [3.63, 3.8) is 0 Å². The second-order valence-corrected chi connectivity index (χ2v) is 7.93. The van der Waals surface area contributed by atoms with Crippen LogP contribution in [0.5, 0.6) is 28.7 Å². The molecule has 3 rings (SSSR count). The lowest BCUT2D eigenvalue weighted by Crippen LogP contribution is -2.46. The Bertz CT molecular complexity index is 958. The Morgan fingerprint density at radius 3 is 2.12 bits per heavy atom. The smallest absolute Gasteiger partial charge is 0.225 e. The Morgan fingerprint density at radius 1 is 0.882 bits per heavy atom. The summed E-state index contributed by atoms with van der Waals surface area (Å²) >= 11 is 0. The number of benzene rings is 2. The first kappa shape index (κ1) is 25.5. The van der Waals surface area contributed by atoms with Gasteiger partial charge in [-0.15, -0.1) is 0 Å². The van der Waals surface area contributed by atoms with Gasteiger partial charge in [0.05, 0.1) is 41.0 Å². The van der Waals surface area contributed by atoms with Gasteiger partial charge in [-0.05, 0) is 56.2 Å². The van der Waals surface area contributed by atoms with Gasteiger partial charge in [0, 0.05) is 12.0 Å². The molecule has 9 nitrogen and oxygen atoms in total. The monoisotopic (exact) mass is 473 g/mol. The molecule has 3 atom stereocenters. The van der Waals surface area contributed by atoms with Gasteiger partial charge < -0.3 is 29.0 Å². The zero-order chi connectivity index (χ0) is 24.7. The maximum Gasteiger partial charge on any atom is 0.225 e. The van der Waals surface area contributed by atoms with Gasteiger partial charge in [-0.3, -0.25) is 10.2 Å². The predicted octanol–water partition coefficient (Wildman–Crippen LogP) is 2.77. The number of hydrogen-bond donors (Lipinski definition) is 3. The van der Waals surface area contributed by atoms with Crippen LogP contribution in [0.25, 0.3) is 0 Å². The lowest BCUT2D eigenvalue weighted by molar-refractivity contribution is -0.121. The molecular weight excluding hydrogens is 438 g/mol. The van der Waals surface area contributed by atoms with Gasteiger partial charge in [-0.1, -0.05) is 6.07 Å². The van der Waals surface area contributed by atoms with E-state index in [0.29, 0.717) is 42.0 Å². The fourth-order valence-electron chi connectivity index (χ4n) is 4.22. The highest BCUT2D eigenvalue weighted by Gasteiger charge is 2.35. The Morgan fingerprint density at radius 2 is 1.53 bits per heavy atom. The van der Waals surface area contributed by atoms with Crippen molar-refractivity contribution in [1.29, 1.82) is 0 Å². The largest absolute Gasteiger partial charge is 0.493 e. The molecule has 1 saturated heterocycles. The molecule has 2 aromatic carbocycles. The summed E-state index contributed by atoms with van der Waals surface area (Å²) < 4.78 is 27.7. The number of ether oxygens (including phenoxy) is 5. The van der Waals surface area contributed by atoms with Gasteiger partial charge in [0.2, 0.25) is 11.7 Å². The number of nitrogens with one attached hydrogen (secondary N) is 3. The van der Waals surface area contributed by atoms with Gasteiger partial charge in [0.15, 0.2) is 23.0 Å². The van der Waals surface area contributed by atoms with E-state index in [-0.39, 0.29) is 30.5 Å². The first-order valence-corrected chi connectivity index (χ1v) is 11.4. The molecule has 0 spiro atoms. The van der Waals surface area contributed by atoms with E-state index in [4.69, 9.17) is 23.7 Å². The van der Waals surface area contributed by atoms with Crippen LogP contribution in [0.1, 0.15) is 37.8 Å². The highest BCUT2D eigenvalue weighted by atomic mass is 16.5. The van der Waals surface area contributed by atoms with Crippen LogP contribution < -0.4 is 39.9 Å². The van der Waals surface area contributed by atoms with E-state index in [1.807, 2.05) is 32.0 Å². The van der Waals surface area contributed by atoms with Gasteiger partial charge in [0.25, 0.3) is 0 Å². The van der Waals surface area contributed by atoms with Crippen LogP contribution in [0, 0.1) is 0 Å². The first-order valence-electron chi connectivity index (χ1n) is 11.4. The first-order chi connectivity index (χ1) is 16.4. The molecule has 9 heteroatoms. The van der Waals surface area contributed by atoms with Crippen LogP contribution in [-0.2, 0) is 11.2 Å². The topological polar surface area (TPSA) is 99.3 Å². The molecule has 1 heterocycles. The highest BCUT2D eigenvalue weighted by Crippen LogP contribution is 2.38. The summed E-state index contributed by atoms with van der Waals surface area (Å²) in [6.45, 7) is 7.04. The predicted molar refractivity (Wildman–Crippen MR) is 129 cm³/mol. The van der Waals surface area contributed by atoms with Crippen molar-refractivity contribution in [3.8, 4) is 28.7 Å². The molecule has 0 aromatic heterocycles. The quantitative estimate of drug-likeness (QED) is 0.458. The third kappa shape index (κ3) is 5.66. The number of methoxy groups -OCH3 is 3. The third-order valence-electron chi connectivity index (χ3n) is 5.72. The average molecular weight is 474 g/mol. The zero-order valence-corrected chi connectivity index (χ0v) is 20.7. The average Bonchev–Trinajstić information content (AvgIpc) is 3.19. The number of carbonyl (C=O) groups excluding carboxylic acids is 1. The number of hydrazine groups is 1. The second kappa shape index (κ2) is 11.8. The molecule has 186 valence electrons. The molecule has 0 aliphatic carbocycles. The molecule has 34 heavy (non-hydrogen) atoms. The Kier molecular flexibility index (Phi) is 8.84. The van der Waals surface area contributed by atoms with Crippen molar-refractivity contribution in [2.75, 3.05) is 34.5 Å². The Labute approximate surface area is 201 Å². The summed E-state index contributed by atoms with van der Waals surface area (Å²) in [7, 11) is 4.65. The van der Waals surface area contributed by atoms with Gasteiger partial charge >= 0.3 is 0 Å². The summed E-state index contributed by atoms with van der Waals surface area (Å²) in [6, 6.07) is 9.57. The third-order valence-corrected chi connectivity index (χ3v) is 5.72. The molecule has 0 radical (unpaired) electrons. The number of amides is 1. The molecule has 0 bridgehead atoms. The van der Waals surface area contributed by atoms with Crippen LogP contribution >= 0.6 is 0 Å². The Hall–Kier alpha value is -3.17. The normalized spacial score (nSPS) is 19.4. The minimum absolute atomic E-state index is 0.0150. The molecule has 3 N–H and O–H groups in total. The van der Waals surface area contributed by atoms with E-state index in [1.54, 1.807) is 33.5 Å². The summed E-state index contributed by atoms with van der Waals surface area (Å²) in [4.78, 5) is 13.0. The summed E-state index contributed by atoms with van der Waals surface area (Å²) in [5.74, 6) is 2.77. The summed E-state index contributed by atoms with van der Waals surface area (Å²) in [5.41, 5.74) is 8.23. The lowest BCUT2D eigenvalue weighted by Gasteiger charge is -2.24. The van der Waals surface area contributed by atoms with Crippen LogP contribution in [0.15, 0.2) is 30.3 Å². The van der Waals surface area contributed by atoms with Crippen LogP contribution in [0.4, 0.5) is 0 Å². The van der Waals surface area contributed by atoms with Gasteiger partial charge in [-0.25, -0.2) is 5.43 Å². The molecule has 0 saturated carbocycles. The molecule has 3 unspecified atom stereocenters. The molecule has 2 aromatic rings. The molecule has 1 aliphatic rings. The van der Waals surface area contributed by atoms with Gasteiger partial charge in [0.1, 0.15) is 6.17 Å². The fourth-order valence-corrected chi connectivity index (χ4v) is 4.22. The maximum absolute atomic E-state index is 13.0. The van der Waals surface area contributed by atoms with E-state index in [2.05, 4.69) is 23.1 Å². The number of hydrogen-bond acceptors (Lipinski definition) is 8. The van der Waals surface area contributed by atoms with Gasteiger partial charge in [-0.2, -0.15) is 0 Å². The SMILES string of the molecule is CCOc1ccc(C2C(C)NNC2NC(=O)Cc2cc(OC)c(OC)c(OC)c2)cc1OCC. The number of rotatable bonds is 11. The van der Waals surface area contributed by atoms with Crippen LogP contribution in [0.2, 0.25) is 0 Å². The van der Waals surface area contributed by atoms with Crippen LogP contribution in [0.3, 0.4) is 0 Å². The zero-order valence-electron chi connectivity index (χ0n) is 20.7. The van der Waals surface area contributed by atoms with Crippen molar-refractivity contribution in [2.24, 2.45) is 0 Å².